The van der Waals surface area contributed by atoms with Crippen LogP contribution >= 0.6 is 0 Å². The standard InChI is InChI=1S/C17H21F3N2O3/c1-11-8-13(15(23)24)10-22(9-11)16(25)21-14-4-2-12(3-5-14)6-7-17(18,19)20/h2-5,11,13H,6-10H2,1H3,(H,21,25)(H,23,24). The highest BCUT2D eigenvalue weighted by Crippen LogP contribution is 2.24. The van der Waals surface area contributed by atoms with Crippen molar-refractivity contribution in [2.45, 2.75) is 32.4 Å². The van der Waals surface area contributed by atoms with Crippen molar-refractivity contribution in [1.29, 1.82) is 0 Å². The Hall–Kier alpha value is -2.25. The zero-order chi connectivity index (χ0) is 18.6. The van der Waals surface area contributed by atoms with Crippen molar-refractivity contribution in [1.82, 2.24) is 4.90 Å². The highest BCUT2D eigenvalue weighted by atomic mass is 19.4. The van der Waals surface area contributed by atoms with Crippen molar-refractivity contribution >= 4 is 17.7 Å². The predicted octanol–water partition coefficient (Wildman–Crippen LogP) is 3.76. The number of rotatable bonds is 4. The molecule has 2 unspecified atom stereocenters. The lowest BCUT2D eigenvalue weighted by Crippen LogP contribution is -2.47. The fraction of sp³-hybridized carbons (Fsp3) is 0.529. The number of nitrogens with zero attached hydrogens (tertiary/aromatic N) is 1. The van der Waals surface area contributed by atoms with Gasteiger partial charge in [0.2, 0.25) is 0 Å². The quantitative estimate of drug-likeness (QED) is 0.861. The number of anilines is 1. The van der Waals surface area contributed by atoms with Crippen molar-refractivity contribution in [2.24, 2.45) is 11.8 Å². The third-order valence-corrected chi connectivity index (χ3v) is 4.20. The minimum Gasteiger partial charge on any atom is -0.481 e. The molecule has 0 saturated carbocycles. The molecule has 1 aromatic rings. The fourth-order valence-electron chi connectivity index (χ4n) is 2.94. The Kier molecular flexibility index (Phi) is 5.92. The average molecular weight is 358 g/mol. The number of carbonyl (C=O) groups is 2. The molecule has 1 fully saturated rings. The molecule has 1 aromatic carbocycles. The van der Waals surface area contributed by atoms with Gasteiger partial charge in [-0.25, -0.2) is 4.79 Å². The van der Waals surface area contributed by atoms with Gasteiger partial charge in [-0.05, 0) is 36.5 Å². The number of aliphatic carboxylic acids is 1. The molecule has 1 saturated heterocycles. The number of likely N-dealkylation sites (tertiary alicyclic amines) is 1. The van der Waals surface area contributed by atoms with E-state index in [1.165, 1.54) is 4.90 Å². The van der Waals surface area contributed by atoms with Gasteiger partial charge < -0.3 is 15.3 Å². The van der Waals surface area contributed by atoms with Gasteiger partial charge in [0.1, 0.15) is 0 Å². The summed E-state index contributed by atoms with van der Waals surface area (Å²) in [5.74, 6) is -1.41. The maximum Gasteiger partial charge on any atom is 0.389 e. The SMILES string of the molecule is CC1CC(C(=O)O)CN(C(=O)Nc2ccc(CCC(F)(F)F)cc2)C1. The van der Waals surface area contributed by atoms with E-state index in [1.807, 2.05) is 6.92 Å². The number of carboxylic acid groups (broad SMARTS) is 1. The molecule has 1 aliphatic heterocycles. The molecule has 2 atom stereocenters. The van der Waals surface area contributed by atoms with E-state index in [0.717, 1.165) is 0 Å². The first kappa shape index (κ1) is 19.1. The summed E-state index contributed by atoms with van der Waals surface area (Å²) in [5.41, 5.74) is 0.999. The lowest BCUT2D eigenvalue weighted by Gasteiger charge is -2.34. The molecule has 1 aliphatic rings. The van der Waals surface area contributed by atoms with Crippen LogP contribution in [0.5, 0.6) is 0 Å². The Morgan fingerprint density at radius 1 is 1.24 bits per heavy atom. The number of aryl methyl sites for hydroxylation is 1. The van der Waals surface area contributed by atoms with E-state index in [2.05, 4.69) is 5.32 Å². The van der Waals surface area contributed by atoms with Gasteiger partial charge in [0, 0.05) is 25.2 Å². The molecule has 8 heteroatoms. The van der Waals surface area contributed by atoms with E-state index < -0.39 is 30.5 Å². The third kappa shape index (κ3) is 5.95. The van der Waals surface area contributed by atoms with Gasteiger partial charge in [0.15, 0.2) is 0 Å². The Balaban J connectivity index is 1.92. The molecule has 2 amide bonds. The van der Waals surface area contributed by atoms with E-state index >= 15 is 0 Å². The monoisotopic (exact) mass is 358 g/mol. The number of nitrogens with one attached hydrogen (secondary N) is 1. The number of halogens is 3. The molecule has 1 heterocycles. The molecule has 138 valence electrons. The van der Waals surface area contributed by atoms with Gasteiger partial charge in [-0.15, -0.1) is 0 Å². The molecule has 25 heavy (non-hydrogen) atoms. The molecule has 0 aromatic heterocycles. The number of urea groups is 1. The average Bonchev–Trinajstić information content (AvgIpc) is 2.52. The van der Waals surface area contributed by atoms with Crippen LogP contribution in [-0.4, -0.2) is 41.3 Å². The summed E-state index contributed by atoms with van der Waals surface area (Å²) in [6, 6.07) is 5.78. The van der Waals surface area contributed by atoms with Crippen LogP contribution in [0, 0.1) is 11.8 Å². The molecule has 0 radical (unpaired) electrons. The van der Waals surface area contributed by atoms with Crippen LogP contribution in [0.25, 0.3) is 0 Å². The maximum absolute atomic E-state index is 12.3. The van der Waals surface area contributed by atoms with Crippen molar-refractivity contribution < 1.29 is 27.9 Å². The largest absolute Gasteiger partial charge is 0.481 e. The maximum atomic E-state index is 12.3. The molecular weight excluding hydrogens is 337 g/mol. The van der Waals surface area contributed by atoms with Crippen LogP contribution in [0.2, 0.25) is 0 Å². The molecule has 5 nitrogen and oxygen atoms in total. The van der Waals surface area contributed by atoms with Gasteiger partial charge in [-0.2, -0.15) is 13.2 Å². The number of alkyl halides is 3. The van der Waals surface area contributed by atoms with Crippen LogP contribution in [0.1, 0.15) is 25.3 Å². The van der Waals surface area contributed by atoms with Crippen LogP contribution < -0.4 is 5.32 Å². The van der Waals surface area contributed by atoms with Gasteiger partial charge in [-0.1, -0.05) is 19.1 Å². The number of amides is 2. The Labute approximate surface area is 143 Å². The van der Waals surface area contributed by atoms with Gasteiger partial charge in [0.25, 0.3) is 0 Å². The Bertz CT molecular complexity index is 617. The number of carbonyl (C=O) groups excluding carboxylic acids is 1. The number of carboxylic acids is 1. The minimum atomic E-state index is -4.20. The molecule has 2 rings (SSSR count). The molecule has 0 bridgehead atoms. The van der Waals surface area contributed by atoms with E-state index in [9.17, 15) is 22.8 Å². The summed E-state index contributed by atoms with van der Waals surface area (Å²) < 4.78 is 36.6. The normalized spacial score (nSPS) is 21.0. The summed E-state index contributed by atoms with van der Waals surface area (Å²) >= 11 is 0. The van der Waals surface area contributed by atoms with Crippen molar-refractivity contribution in [2.75, 3.05) is 18.4 Å². The number of hydrogen-bond acceptors (Lipinski definition) is 2. The van der Waals surface area contributed by atoms with Crippen molar-refractivity contribution in [3.8, 4) is 0 Å². The second-order valence-corrected chi connectivity index (χ2v) is 6.52. The third-order valence-electron chi connectivity index (χ3n) is 4.20. The van der Waals surface area contributed by atoms with Gasteiger partial charge in [-0.3, -0.25) is 4.79 Å². The Morgan fingerprint density at radius 2 is 1.88 bits per heavy atom. The van der Waals surface area contributed by atoms with Crippen LogP contribution in [0.3, 0.4) is 0 Å². The highest BCUT2D eigenvalue weighted by Gasteiger charge is 2.32. The second kappa shape index (κ2) is 7.76. The number of benzene rings is 1. The Morgan fingerprint density at radius 3 is 2.44 bits per heavy atom. The topological polar surface area (TPSA) is 69.6 Å². The van der Waals surface area contributed by atoms with E-state index in [-0.39, 0.29) is 18.9 Å². The van der Waals surface area contributed by atoms with Crippen LogP contribution in [0.15, 0.2) is 24.3 Å². The molecular formula is C17H21F3N2O3. The number of piperidine rings is 1. The molecule has 2 N–H and O–H groups in total. The van der Waals surface area contributed by atoms with Crippen LogP contribution in [0.4, 0.5) is 23.7 Å². The molecule has 0 aliphatic carbocycles. The smallest absolute Gasteiger partial charge is 0.389 e. The number of hydrogen-bond donors (Lipinski definition) is 2. The minimum absolute atomic E-state index is 0.0883. The second-order valence-electron chi connectivity index (χ2n) is 6.52. The first-order chi connectivity index (χ1) is 11.6. The van der Waals surface area contributed by atoms with Gasteiger partial charge in [0.05, 0.1) is 5.92 Å². The predicted molar refractivity (Wildman–Crippen MR) is 86.3 cm³/mol. The summed E-state index contributed by atoms with van der Waals surface area (Å²) in [5, 5.41) is 11.8. The van der Waals surface area contributed by atoms with Gasteiger partial charge >= 0.3 is 18.2 Å². The molecule has 0 spiro atoms. The first-order valence-electron chi connectivity index (χ1n) is 8.08. The van der Waals surface area contributed by atoms with Crippen molar-refractivity contribution in [3.05, 3.63) is 29.8 Å². The van der Waals surface area contributed by atoms with Crippen molar-refractivity contribution in [3.63, 3.8) is 0 Å². The highest BCUT2D eigenvalue weighted by molar-refractivity contribution is 5.89. The lowest BCUT2D eigenvalue weighted by atomic mass is 9.91. The lowest BCUT2D eigenvalue weighted by molar-refractivity contribution is -0.143. The van der Waals surface area contributed by atoms with E-state index in [1.54, 1.807) is 24.3 Å². The summed E-state index contributed by atoms with van der Waals surface area (Å²) in [4.78, 5) is 24.9. The summed E-state index contributed by atoms with van der Waals surface area (Å²) in [6.07, 6.45) is -4.66. The first-order valence-corrected chi connectivity index (χ1v) is 8.08. The summed E-state index contributed by atoms with van der Waals surface area (Å²) in [6.45, 7) is 2.51. The van der Waals surface area contributed by atoms with E-state index in [4.69, 9.17) is 5.11 Å². The fourth-order valence-corrected chi connectivity index (χ4v) is 2.94. The zero-order valence-corrected chi connectivity index (χ0v) is 13.8. The zero-order valence-electron chi connectivity index (χ0n) is 13.8. The van der Waals surface area contributed by atoms with E-state index in [0.29, 0.717) is 24.2 Å². The summed E-state index contributed by atoms with van der Waals surface area (Å²) in [7, 11) is 0. The van der Waals surface area contributed by atoms with Crippen LogP contribution in [-0.2, 0) is 11.2 Å².